The molecule has 1 unspecified atom stereocenters. The Kier molecular flexibility index (Phi) is 10.0. The lowest BCUT2D eigenvalue weighted by molar-refractivity contribution is -0.0753. The molecule has 0 amide bonds. The van der Waals surface area contributed by atoms with E-state index in [1.54, 1.807) is 21.0 Å². The highest BCUT2D eigenvalue weighted by atomic mass is 32.1. The lowest BCUT2D eigenvalue weighted by atomic mass is 10.1. The molecule has 3 aromatic heterocycles. The lowest BCUT2D eigenvalue weighted by Gasteiger charge is -2.29. The Hall–Kier alpha value is -3.06. The maximum atomic E-state index is 14.3. The van der Waals surface area contributed by atoms with Crippen LogP contribution >= 0.6 is 18.7 Å². The van der Waals surface area contributed by atoms with Crippen LogP contribution in [0.2, 0.25) is 0 Å². The van der Waals surface area contributed by atoms with E-state index in [1.807, 2.05) is 24.3 Å². The minimum atomic E-state index is -3.55. The largest absolute Gasteiger partial charge is 0.496 e. The Morgan fingerprint density at radius 3 is 2.60 bits per heavy atom. The Morgan fingerprint density at radius 2 is 1.93 bits per heavy atom. The number of thiophene rings is 1. The number of hydrogen-bond acceptors (Lipinski definition) is 11. The van der Waals surface area contributed by atoms with Crippen LogP contribution in [0.15, 0.2) is 50.7 Å². The summed E-state index contributed by atoms with van der Waals surface area (Å²) in [4.78, 5) is 33.6. The maximum Gasteiger partial charge on any atom is 0.332 e. The van der Waals surface area contributed by atoms with Crippen molar-refractivity contribution < 1.29 is 32.5 Å². The molecule has 43 heavy (non-hydrogen) atoms. The van der Waals surface area contributed by atoms with Gasteiger partial charge in [0.2, 0.25) is 13.3 Å². The van der Waals surface area contributed by atoms with Crippen molar-refractivity contribution in [3.8, 4) is 16.5 Å². The van der Waals surface area contributed by atoms with Crippen LogP contribution in [0.1, 0.15) is 37.0 Å². The molecule has 2 atom stereocenters. The quantitative estimate of drug-likeness (QED) is 0.185. The summed E-state index contributed by atoms with van der Waals surface area (Å²) in [5, 5.41) is 0.308. The zero-order chi connectivity index (χ0) is 30.6. The number of oxazole rings is 1. The molecule has 0 aliphatic carbocycles. The minimum absolute atomic E-state index is 0.0571. The molecule has 12 nitrogen and oxygen atoms in total. The van der Waals surface area contributed by atoms with Gasteiger partial charge < -0.3 is 27.9 Å². The van der Waals surface area contributed by atoms with Crippen LogP contribution in [0.25, 0.3) is 21.0 Å². The topological polar surface area (TPSA) is 133 Å². The smallest absolute Gasteiger partial charge is 0.332 e. The zero-order valence-electron chi connectivity index (χ0n) is 24.6. The van der Waals surface area contributed by atoms with Crippen molar-refractivity contribution in [3.05, 3.63) is 68.7 Å². The molecule has 1 aromatic carbocycles. The third-order valence-corrected chi connectivity index (χ3v) is 10.7. The predicted molar refractivity (Wildman–Crippen MR) is 162 cm³/mol. The van der Waals surface area contributed by atoms with Gasteiger partial charge in [0.25, 0.3) is 5.56 Å². The molecule has 0 spiro atoms. The Bertz CT molecular complexity index is 1700. The fourth-order valence-corrected chi connectivity index (χ4v) is 8.37. The third kappa shape index (κ3) is 6.57. The molecule has 14 heteroatoms. The van der Waals surface area contributed by atoms with Gasteiger partial charge in [-0.25, -0.2) is 14.3 Å². The number of hydrogen-bond donors (Lipinski definition) is 0. The van der Waals surface area contributed by atoms with Crippen LogP contribution in [0.4, 0.5) is 0 Å². The fourth-order valence-electron chi connectivity index (χ4n) is 5.34. The molecule has 4 heterocycles. The van der Waals surface area contributed by atoms with Crippen molar-refractivity contribution in [3.63, 3.8) is 0 Å². The second-order valence-corrected chi connectivity index (χ2v) is 13.6. The van der Waals surface area contributed by atoms with Crippen LogP contribution in [-0.2, 0) is 36.1 Å². The van der Waals surface area contributed by atoms with E-state index in [4.69, 9.17) is 27.9 Å². The normalized spacial score (nSPS) is 16.4. The van der Waals surface area contributed by atoms with Gasteiger partial charge in [-0.2, -0.15) is 0 Å². The first-order chi connectivity index (χ1) is 20.8. The molecule has 232 valence electrons. The molecule has 1 saturated heterocycles. The highest BCUT2D eigenvalue weighted by Crippen LogP contribution is 2.48. The van der Waals surface area contributed by atoms with Gasteiger partial charge in [0.15, 0.2) is 0 Å². The van der Waals surface area contributed by atoms with Crippen LogP contribution in [0.5, 0.6) is 5.75 Å². The number of benzene rings is 1. The first-order valence-corrected chi connectivity index (χ1v) is 16.9. The SMILES string of the molecule is CCOP(=O)(COC)Cn1c(=O)c2c(C)c(-c3ncco3)sc2n(C[C@H](OC2CCOCC2)c2ccccc2OC)c1=O. The molecule has 1 aliphatic heterocycles. The number of aromatic nitrogens is 3. The van der Waals surface area contributed by atoms with Gasteiger partial charge >= 0.3 is 5.69 Å². The van der Waals surface area contributed by atoms with E-state index in [0.29, 0.717) is 58.4 Å². The van der Waals surface area contributed by atoms with Gasteiger partial charge in [-0.1, -0.05) is 18.2 Å². The predicted octanol–water partition coefficient (Wildman–Crippen LogP) is 5.01. The molecule has 0 saturated carbocycles. The molecular formula is C29H36N3O9PS. The molecule has 0 bridgehead atoms. The Labute approximate surface area is 252 Å². The Balaban J connectivity index is 1.71. The van der Waals surface area contributed by atoms with E-state index in [1.165, 1.54) is 35.5 Å². The van der Waals surface area contributed by atoms with Crippen LogP contribution in [0, 0.1) is 6.92 Å². The van der Waals surface area contributed by atoms with Crippen molar-refractivity contribution in [2.45, 2.75) is 51.7 Å². The number of fused-ring (bicyclic) bond motifs is 1. The average molecular weight is 634 g/mol. The molecule has 1 aliphatic rings. The van der Waals surface area contributed by atoms with Crippen molar-refractivity contribution in [1.82, 2.24) is 14.1 Å². The van der Waals surface area contributed by atoms with Gasteiger partial charge in [0, 0.05) is 25.9 Å². The molecule has 0 radical (unpaired) electrons. The van der Waals surface area contributed by atoms with Crippen molar-refractivity contribution >= 4 is 28.9 Å². The summed E-state index contributed by atoms with van der Waals surface area (Å²) in [5.41, 5.74) is 0.157. The monoisotopic (exact) mass is 633 g/mol. The van der Waals surface area contributed by atoms with Gasteiger partial charge in [0.05, 0.1) is 42.8 Å². The summed E-state index contributed by atoms with van der Waals surface area (Å²) in [5.74, 6) is 0.948. The van der Waals surface area contributed by atoms with Crippen LogP contribution in [-0.4, -0.2) is 60.6 Å². The van der Waals surface area contributed by atoms with Crippen LogP contribution < -0.4 is 16.0 Å². The van der Waals surface area contributed by atoms with Crippen molar-refractivity contribution in [2.75, 3.05) is 40.4 Å². The summed E-state index contributed by atoms with van der Waals surface area (Å²) in [6, 6.07) is 7.50. The van der Waals surface area contributed by atoms with Gasteiger partial charge in [-0.3, -0.25) is 13.9 Å². The number of ether oxygens (including phenoxy) is 4. The average Bonchev–Trinajstić information content (AvgIpc) is 3.66. The van der Waals surface area contributed by atoms with Gasteiger partial charge in [0.1, 0.15) is 35.6 Å². The number of methoxy groups -OCH3 is 2. The Morgan fingerprint density at radius 1 is 1.16 bits per heavy atom. The third-order valence-electron chi connectivity index (χ3n) is 7.33. The van der Waals surface area contributed by atoms with E-state index in [2.05, 4.69) is 4.98 Å². The summed E-state index contributed by atoms with van der Waals surface area (Å²) in [6.45, 7) is 4.83. The van der Waals surface area contributed by atoms with E-state index in [-0.39, 0.29) is 25.6 Å². The highest BCUT2D eigenvalue weighted by Gasteiger charge is 2.31. The van der Waals surface area contributed by atoms with Crippen molar-refractivity contribution in [2.24, 2.45) is 0 Å². The molecule has 1 fully saturated rings. The van der Waals surface area contributed by atoms with E-state index >= 15 is 0 Å². The lowest BCUT2D eigenvalue weighted by Crippen LogP contribution is -2.41. The summed E-state index contributed by atoms with van der Waals surface area (Å²) in [7, 11) is -0.568. The highest BCUT2D eigenvalue weighted by molar-refractivity contribution is 7.57. The second-order valence-electron chi connectivity index (χ2n) is 10.2. The minimum Gasteiger partial charge on any atom is -0.496 e. The van der Waals surface area contributed by atoms with Gasteiger partial charge in [-0.15, -0.1) is 11.3 Å². The number of aryl methyl sites for hydroxylation is 1. The van der Waals surface area contributed by atoms with E-state index < -0.39 is 31.0 Å². The van der Waals surface area contributed by atoms with Crippen LogP contribution in [0.3, 0.4) is 0 Å². The molecular weight excluding hydrogens is 597 g/mol. The first-order valence-electron chi connectivity index (χ1n) is 14.0. The summed E-state index contributed by atoms with van der Waals surface area (Å²) in [6.07, 6.45) is 2.98. The molecule has 5 rings (SSSR count). The summed E-state index contributed by atoms with van der Waals surface area (Å²) < 4.78 is 50.3. The maximum absolute atomic E-state index is 14.3. The zero-order valence-corrected chi connectivity index (χ0v) is 26.4. The fraction of sp³-hybridized carbons (Fsp3) is 0.483. The number of nitrogens with zero attached hydrogens (tertiary/aromatic N) is 3. The number of para-hydroxylation sites is 1. The summed E-state index contributed by atoms with van der Waals surface area (Å²) >= 11 is 1.24. The first kappa shape index (κ1) is 31.4. The molecule has 4 aromatic rings. The van der Waals surface area contributed by atoms with E-state index in [0.717, 1.165) is 10.1 Å². The standard InChI is InChI=1S/C29H36N3O9PS/c1-5-40-42(35,18-36-3)17-32-27(33)24-19(2)25(26-30-12-15-39-26)43-28(24)31(29(32)34)16-23(41-20-10-13-38-14-11-20)21-8-6-7-9-22(21)37-4/h6-9,12,15,20,23H,5,10-11,13-14,16-18H2,1-4H3/t23-,42?/m0/s1. The second kappa shape index (κ2) is 13.7. The number of rotatable bonds is 13. The van der Waals surface area contributed by atoms with Crippen molar-refractivity contribution in [1.29, 1.82) is 0 Å². The van der Waals surface area contributed by atoms with E-state index in [9.17, 15) is 14.2 Å². The molecule has 0 N–H and O–H groups in total. The van der Waals surface area contributed by atoms with Gasteiger partial charge in [-0.05, 0) is 38.3 Å².